The van der Waals surface area contributed by atoms with Crippen LogP contribution in [0.25, 0.3) is 0 Å². The number of rotatable bonds is 3. The van der Waals surface area contributed by atoms with Crippen molar-refractivity contribution in [2.45, 2.75) is 0 Å². The summed E-state index contributed by atoms with van der Waals surface area (Å²) in [5, 5.41) is 21.8. The Balaban J connectivity index is 2.40. The van der Waals surface area contributed by atoms with E-state index in [2.05, 4.69) is 5.32 Å². The maximum absolute atomic E-state index is 11.2. The predicted molar refractivity (Wildman–Crippen MR) is 65.4 cm³/mol. The molecule has 1 aromatic carbocycles. The molecule has 1 fully saturated rings. The van der Waals surface area contributed by atoms with Gasteiger partial charge in [0.25, 0.3) is 5.69 Å². The highest BCUT2D eigenvalue weighted by Gasteiger charge is 2.26. The lowest BCUT2D eigenvalue weighted by Crippen LogP contribution is -2.51. The van der Waals surface area contributed by atoms with Gasteiger partial charge in [0, 0.05) is 11.8 Å². The number of anilines is 1. The number of nitrogens with one attached hydrogen (secondary N) is 1. The highest BCUT2D eigenvalue weighted by molar-refractivity contribution is 6.03. The summed E-state index contributed by atoms with van der Waals surface area (Å²) in [4.78, 5) is 44.8. The fourth-order valence-electron chi connectivity index (χ4n) is 1.87. The molecule has 2 rings (SSSR count). The number of aromatic carboxylic acids is 1. The second-order valence-electron chi connectivity index (χ2n) is 4.09. The number of piperazine rings is 1. The van der Waals surface area contributed by atoms with Crippen LogP contribution in [0.15, 0.2) is 18.2 Å². The van der Waals surface area contributed by atoms with Gasteiger partial charge < -0.3 is 10.0 Å². The molecule has 1 heterocycles. The minimum absolute atomic E-state index is 0.130. The zero-order chi connectivity index (χ0) is 14.9. The van der Waals surface area contributed by atoms with E-state index in [1.165, 1.54) is 11.0 Å². The Morgan fingerprint density at radius 3 is 2.40 bits per heavy atom. The Hall–Kier alpha value is -2.97. The fourth-order valence-corrected chi connectivity index (χ4v) is 1.87. The highest BCUT2D eigenvalue weighted by Crippen LogP contribution is 2.26. The number of amides is 2. The molecule has 0 unspecified atom stereocenters. The van der Waals surface area contributed by atoms with Crippen LogP contribution in [-0.2, 0) is 9.59 Å². The number of carboxylic acid groups (broad SMARTS) is 1. The molecular weight excluding hydrogens is 270 g/mol. The Morgan fingerprint density at radius 1 is 1.30 bits per heavy atom. The first kappa shape index (κ1) is 13.5. The van der Waals surface area contributed by atoms with Gasteiger partial charge in [-0.05, 0) is 12.1 Å². The molecule has 1 aromatic rings. The summed E-state index contributed by atoms with van der Waals surface area (Å²) in [6.45, 7) is -0.259. The third-order valence-electron chi connectivity index (χ3n) is 2.72. The number of nitrogens with zero attached hydrogens (tertiary/aromatic N) is 2. The molecule has 0 saturated carbocycles. The second kappa shape index (κ2) is 4.96. The van der Waals surface area contributed by atoms with Crippen LogP contribution in [0.3, 0.4) is 0 Å². The van der Waals surface area contributed by atoms with Crippen LogP contribution >= 0.6 is 0 Å². The molecule has 1 aliphatic heterocycles. The standard InChI is InChI=1S/C11H9N3O6/c15-9-4-13(5-10(16)12-9)6-1-2-7(11(17)18)8(3-6)14(19)20/h1-3H,4-5H2,(H,17,18)(H,12,15,16). The molecule has 2 amide bonds. The van der Waals surface area contributed by atoms with Gasteiger partial charge in [0.1, 0.15) is 5.56 Å². The van der Waals surface area contributed by atoms with E-state index in [-0.39, 0.29) is 18.8 Å². The van der Waals surface area contributed by atoms with Gasteiger partial charge in [-0.15, -0.1) is 0 Å². The fraction of sp³-hybridized carbons (Fsp3) is 0.182. The van der Waals surface area contributed by atoms with E-state index < -0.39 is 34.0 Å². The van der Waals surface area contributed by atoms with Gasteiger partial charge in [0.15, 0.2) is 0 Å². The number of nitro groups is 1. The maximum atomic E-state index is 11.2. The van der Waals surface area contributed by atoms with E-state index in [0.29, 0.717) is 0 Å². The van der Waals surface area contributed by atoms with Gasteiger partial charge >= 0.3 is 5.97 Å². The molecule has 20 heavy (non-hydrogen) atoms. The topological polar surface area (TPSA) is 130 Å². The van der Waals surface area contributed by atoms with Gasteiger partial charge in [0.05, 0.1) is 18.0 Å². The van der Waals surface area contributed by atoms with Crippen molar-refractivity contribution in [3.63, 3.8) is 0 Å². The average Bonchev–Trinajstić information content (AvgIpc) is 2.36. The molecular formula is C11H9N3O6. The summed E-state index contributed by atoms with van der Waals surface area (Å²) >= 11 is 0. The zero-order valence-electron chi connectivity index (χ0n) is 10.0. The van der Waals surface area contributed by atoms with Crippen molar-refractivity contribution < 1.29 is 24.4 Å². The van der Waals surface area contributed by atoms with E-state index in [9.17, 15) is 24.5 Å². The first-order valence-corrected chi connectivity index (χ1v) is 5.48. The number of imide groups is 1. The van der Waals surface area contributed by atoms with E-state index >= 15 is 0 Å². The number of benzene rings is 1. The summed E-state index contributed by atoms with van der Waals surface area (Å²) in [5.41, 5.74) is -0.801. The molecule has 0 aromatic heterocycles. The Bertz CT molecular complexity index is 611. The van der Waals surface area contributed by atoms with Crippen LogP contribution < -0.4 is 10.2 Å². The summed E-state index contributed by atoms with van der Waals surface area (Å²) in [6.07, 6.45) is 0. The van der Waals surface area contributed by atoms with E-state index in [0.717, 1.165) is 12.1 Å². The van der Waals surface area contributed by atoms with Crippen LogP contribution in [0.1, 0.15) is 10.4 Å². The van der Waals surface area contributed by atoms with Crippen LogP contribution in [0.2, 0.25) is 0 Å². The molecule has 9 nitrogen and oxygen atoms in total. The molecule has 1 saturated heterocycles. The third-order valence-corrected chi connectivity index (χ3v) is 2.72. The minimum Gasteiger partial charge on any atom is -0.477 e. The quantitative estimate of drug-likeness (QED) is 0.443. The SMILES string of the molecule is O=C1CN(c2ccc(C(=O)O)c([N+](=O)[O-])c2)CC(=O)N1. The lowest BCUT2D eigenvalue weighted by molar-refractivity contribution is -0.385. The van der Waals surface area contributed by atoms with Crippen molar-refractivity contribution in [2.24, 2.45) is 0 Å². The molecule has 0 aliphatic carbocycles. The molecule has 0 radical (unpaired) electrons. The van der Waals surface area contributed by atoms with E-state index in [4.69, 9.17) is 5.11 Å². The molecule has 0 bridgehead atoms. The van der Waals surface area contributed by atoms with Crippen molar-refractivity contribution >= 4 is 29.2 Å². The van der Waals surface area contributed by atoms with Gasteiger partial charge in [-0.1, -0.05) is 0 Å². The normalized spacial score (nSPS) is 14.9. The number of carboxylic acids is 1. The molecule has 9 heteroatoms. The number of hydrogen-bond acceptors (Lipinski definition) is 6. The summed E-state index contributed by atoms with van der Waals surface area (Å²) in [7, 11) is 0. The number of carbonyl (C=O) groups is 3. The molecule has 2 N–H and O–H groups in total. The van der Waals surface area contributed by atoms with Crippen molar-refractivity contribution in [1.82, 2.24) is 5.32 Å². The maximum Gasteiger partial charge on any atom is 0.342 e. The Labute approximate surface area is 111 Å². The van der Waals surface area contributed by atoms with Crippen LogP contribution in [0.5, 0.6) is 0 Å². The summed E-state index contributed by atoms with van der Waals surface area (Å²) in [6, 6.07) is 3.43. The number of carbonyl (C=O) groups excluding carboxylic acids is 2. The summed E-state index contributed by atoms with van der Waals surface area (Å²) < 4.78 is 0. The third kappa shape index (κ3) is 2.55. The van der Waals surface area contributed by atoms with Gasteiger partial charge in [-0.3, -0.25) is 25.0 Å². The van der Waals surface area contributed by atoms with E-state index in [1.807, 2.05) is 0 Å². The van der Waals surface area contributed by atoms with Crippen molar-refractivity contribution in [3.8, 4) is 0 Å². The average molecular weight is 279 g/mol. The van der Waals surface area contributed by atoms with Crippen LogP contribution in [0.4, 0.5) is 11.4 Å². The molecule has 1 aliphatic rings. The minimum atomic E-state index is -1.42. The van der Waals surface area contributed by atoms with Crippen molar-refractivity contribution in [1.29, 1.82) is 0 Å². The lowest BCUT2D eigenvalue weighted by atomic mass is 10.1. The highest BCUT2D eigenvalue weighted by atomic mass is 16.6. The van der Waals surface area contributed by atoms with Crippen LogP contribution in [0, 0.1) is 10.1 Å². The molecule has 0 atom stereocenters. The zero-order valence-corrected chi connectivity index (χ0v) is 10.0. The van der Waals surface area contributed by atoms with Gasteiger partial charge in [-0.2, -0.15) is 0 Å². The molecule has 0 spiro atoms. The number of nitro benzene ring substituents is 1. The molecule has 104 valence electrons. The van der Waals surface area contributed by atoms with Gasteiger partial charge in [-0.25, -0.2) is 4.79 Å². The smallest absolute Gasteiger partial charge is 0.342 e. The van der Waals surface area contributed by atoms with Crippen molar-refractivity contribution in [3.05, 3.63) is 33.9 Å². The predicted octanol–water partition coefficient (Wildman–Crippen LogP) is -0.244. The lowest BCUT2D eigenvalue weighted by Gasteiger charge is -2.27. The Morgan fingerprint density at radius 2 is 1.90 bits per heavy atom. The first-order valence-electron chi connectivity index (χ1n) is 5.48. The Kier molecular flexibility index (Phi) is 3.34. The van der Waals surface area contributed by atoms with Gasteiger partial charge in [0.2, 0.25) is 11.8 Å². The summed E-state index contributed by atoms with van der Waals surface area (Å²) in [5.74, 6) is -2.46. The monoisotopic (exact) mass is 279 g/mol. The van der Waals surface area contributed by atoms with Crippen molar-refractivity contribution in [2.75, 3.05) is 18.0 Å². The second-order valence-corrected chi connectivity index (χ2v) is 4.09. The number of hydrogen-bond donors (Lipinski definition) is 2. The van der Waals surface area contributed by atoms with Crippen LogP contribution in [-0.4, -0.2) is 40.9 Å². The first-order chi connectivity index (χ1) is 9.38. The largest absolute Gasteiger partial charge is 0.477 e. The van der Waals surface area contributed by atoms with E-state index in [1.54, 1.807) is 0 Å².